The van der Waals surface area contributed by atoms with Crippen LogP contribution < -0.4 is 10.2 Å². The van der Waals surface area contributed by atoms with Gasteiger partial charge in [-0.05, 0) is 12.1 Å². The molecule has 1 N–H and O–H groups in total. The van der Waals surface area contributed by atoms with Crippen molar-refractivity contribution in [3.05, 3.63) is 24.1 Å². The molecule has 5 nitrogen and oxygen atoms in total. The molecule has 0 bridgehead atoms. The van der Waals surface area contributed by atoms with Crippen molar-refractivity contribution in [3.8, 4) is 0 Å². The fraction of sp³-hybridized carbons (Fsp3) is 0.455. The quantitative estimate of drug-likeness (QED) is 0.799. The topological polar surface area (TPSA) is 54.5 Å². The Kier molecular flexibility index (Phi) is 3.53. The number of halogens is 1. The summed E-state index contributed by atoms with van der Waals surface area (Å²) in [5, 5.41) is 2.54. The number of aromatic nitrogens is 1. The predicted octanol–water partition coefficient (Wildman–Crippen LogP) is 0.172. The van der Waals surface area contributed by atoms with Crippen LogP contribution in [0.5, 0.6) is 0 Å². The van der Waals surface area contributed by atoms with E-state index >= 15 is 0 Å². The lowest BCUT2D eigenvalue weighted by molar-refractivity contribution is -0.132. The monoisotopic (exact) mass is 239 g/mol. The van der Waals surface area contributed by atoms with Gasteiger partial charge >= 0.3 is 0 Å². The number of pyridine rings is 1. The summed E-state index contributed by atoms with van der Waals surface area (Å²) in [5.41, 5.74) is 0. The molecule has 1 aromatic heterocycles. The van der Waals surface area contributed by atoms with E-state index < -0.39 is 6.10 Å². The van der Waals surface area contributed by atoms with E-state index in [0.29, 0.717) is 25.5 Å². The Morgan fingerprint density at radius 2 is 2.47 bits per heavy atom. The summed E-state index contributed by atoms with van der Waals surface area (Å²) in [6, 6.07) is 2.95. The van der Waals surface area contributed by atoms with Crippen LogP contribution in [0.25, 0.3) is 0 Å². The molecule has 92 valence electrons. The van der Waals surface area contributed by atoms with Crippen LogP contribution in [-0.2, 0) is 9.53 Å². The first-order valence-corrected chi connectivity index (χ1v) is 5.40. The van der Waals surface area contributed by atoms with Crippen LogP contribution in [0.1, 0.15) is 0 Å². The van der Waals surface area contributed by atoms with Gasteiger partial charge in [-0.2, -0.15) is 0 Å². The van der Waals surface area contributed by atoms with Gasteiger partial charge in [0.05, 0.1) is 19.3 Å². The molecule has 1 atom stereocenters. The average Bonchev–Trinajstić information content (AvgIpc) is 2.39. The fourth-order valence-corrected chi connectivity index (χ4v) is 1.73. The second-order valence-electron chi connectivity index (χ2n) is 3.75. The first-order valence-electron chi connectivity index (χ1n) is 5.40. The van der Waals surface area contributed by atoms with Crippen LogP contribution >= 0.6 is 0 Å². The van der Waals surface area contributed by atoms with E-state index in [1.807, 2.05) is 4.90 Å². The number of carbonyl (C=O) groups excluding carboxylic acids is 1. The van der Waals surface area contributed by atoms with E-state index in [-0.39, 0.29) is 11.7 Å². The molecular weight excluding hydrogens is 225 g/mol. The van der Waals surface area contributed by atoms with Crippen molar-refractivity contribution < 1.29 is 13.9 Å². The van der Waals surface area contributed by atoms with Gasteiger partial charge in [-0.15, -0.1) is 0 Å². The number of nitrogens with zero attached hydrogens (tertiary/aromatic N) is 2. The van der Waals surface area contributed by atoms with Crippen molar-refractivity contribution in [2.75, 3.05) is 31.6 Å². The van der Waals surface area contributed by atoms with Crippen molar-refractivity contribution in [3.63, 3.8) is 0 Å². The molecule has 0 spiro atoms. The molecule has 1 aliphatic rings. The highest BCUT2D eigenvalue weighted by atomic mass is 19.1. The number of nitrogens with one attached hydrogen (secondary N) is 1. The molecule has 1 aliphatic heterocycles. The third kappa shape index (κ3) is 2.71. The van der Waals surface area contributed by atoms with E-state index in [1.165, 1.54) is 12.3 Å². The minimum absolute atomic E-state index is 0.156. The number of amides is 1. The highest BCUT2D eigenvalue weighted by Crippen LogP contribution is 2.15. The Morgan fingerprint density at radius 1 is 1.65 bits per heavy atom. The number of carbonyl (C=O) groups is 1. The zero-order valence-electron chi connectivity index (χ0n) is 9.52. The predicted molar refractivity (Wildman–Crippen MR) is 60.2 cm³/mol. The van der Waals surface area contributed by atoms with E-state index in [1.54, 1.807) is 13.1 Å². The van der Waals surface area contributed by atoms with Gasteiger partial charge in [-0.25, -0.2) is 9.37 Å². The molecule has 0 saturated carbocycles. The van der Waals surface area contributed by atoms with E-state index in [0.717, 1.165) is 0 Å². The Labute approximate surface area is 98.6 Å². The second-order valence-corrected chi connectivity index (χ2v) is 3.75. The summed E-state index contributed by atoms with van der Waals surface area (Å²) in [5.74, 6) is 0.130. The van der Waals surface area contributed by atoms with Gasteiger partial charge in [0.15, 0.2) is 6.10 Å². The first kappa shape index (κ1) is 11.8. The van der Waals surface area contributed by atoms with Crippen molar-refractivity contribution in [1.29, 1.82) is 0 Å². The zero-order valence-corrected chi connectivity index (χ0v) is 9.52. The molecule has 0 aliphatic carbocycles. The molecule has 0 aromatic carbocycles. The van der Waals surface area contributed by atoms with Crippen molar-refractivity contribution in [1.82, 2.24) is 10.3 Å². The molecule has 2 rings (SSSR count). The molecule has 6 heteroatoms. The van der Waals surface area contributed by atoms with Crippen molar-refractivity contribution in [2.24, 2.45) is 0 Å². The van der Waals surface area contributed by atoms with Crippen LogP contribution in [0, 0.1) is 5.82 Å². The summed E-state index contributed by atoms with van der Waals surface area (Å²) in [7, 11) is 1.57. The number of hydrogen-bond acceptors (Lipinski definition) is 4. The van der Waals surface area contributed by atoms with Gasteiger partial charge < -0.3 is 15.0 Å². The van der Waals surface area contributed by atoms with Gasteiger partial charge in [0.25, 0.3) is 5.91 Å². The Balaban J connectivity index is 2.06. The maximum absolute atomic E-state index is 12.7. The fourth-order valence-electron chi connectivity index (χ4n) is 1.73. The lowest BCUT2D eigenvalue weighted by Crippen LogP contribution is -2.49. The third-order valence-corrected chi connectivity index (χ3v) is 2.64. The Morgan fingerprint density at radius 3 is 3.12 bits per heavy atom. The van der Waals surface area contributed by atoms with Crippen molar-refractivity contribution >= 4 is 11.7 Å². The SMILES string of the molecule is CNC(=O)[C@H]1CN(c2ccc(F)cn2)CCO1. The van der Waals surface area contributed by atoms with Crippen LogP contribution in [0.15, 0.2) is 18.3 Å². The summed E-state index contributed by atoms with van der Waals surface area (Å²) in [6.07, 6.45) is 0.667. The summed E-state index contributed by atoms with van der Waals surface area (Å²) in [6.45, 7) is 1.53. The highest BCUT2D eigenvalue weighted by molar-refractivity contribution is 5.81. The summed E-state index contributed by atoms with van der Waals surface area (Å²) >= 11 is 0. The van der Waals surface area contributed by atoms with Gasteiger partial charge in [-0.1, -0.05) is 0 Å². The molecule has 2 heterocycles. The minimum atomic E-state index is -0.499. The van der Waals surface area contributed by atoms with E-state index in [4.69, 9.17) is 4.74 Å². The van der Waals surface area contributed by atoms with Gasteiger partial charge in [0.2, 0.25) is 0 Å². The number of hydrogen-bond donors (Lipinski definition) is 1. The third-order valence-electron chi connectivity index (χ3n) is 2.64. The zero-order chi connectivity index (χ0) is 12.3. The minimum Gasteiger partial charge on any atom is -0.365 e. The smallest absolute Gasteiger partial charge is 0.250 e. The number of anilines is 1. The molecule has 1 saturated heterocycles. The maximum atomic E-state index is 12.7. The number of ether oxygens (including phenoxy) is 1. The summed E-state index contributed by atoms with van der Waals surface area (Å²) < 4.78 is 18.1. The largest absolute Gasteiger partial charge is 0.365 e. The highest BCUT2D eigenvalue weighted by Gasteiger charge is 2.26. The Hall–Kier alpha value is -1.69. The molecular formula is C11H14FN3O2. The lowest BCUT2D eigenvalue weighted by atomic mass is 10.2. The van der Waals surface area contributed by atoms with Gasteiger partial charge in [0.1, 0.15) is 11.6 Å². The van der Waals surface area contributed by atoms with Crippen LogP contribution in [0.3, 0.4) is 0 Å². The Bertz CT molecular complexity index is 396. The van der Waals surface area contributed by atoms with Crippen molar-refractivity contribution in [2.45, 2.75) is 6.10 Å². The molecule has 0 radical (unpaired) electrons. The van der Waals surface area contributed by atoms with Crippen LogP contribution in [-0.4, -0.2) is 43.7 Å². The van der Waals surface area contributed by atoms with E-state index in [9.17, 15) is 9.18 Å². The molecule has 17 heavy (non-hydrogen) atoms. The van der Waals surface area contributed by atoms with E-state index in [2.05, 4.69) is 10.3 Å². The molecule has 0 unspecified atom stereocenters. The average molecular weight is 239 g/mol. The molecule has 1 aromatic rings. The normalized spacial score (nSPS) is 20.1. The number of likely N-dealkylation sites (N-methyl/N-ethyl adjacent to an activating group) is 1. The number of rotatable bonds is 2. The van der Waals surface area contributed by atoms with Crippen LogP contribution in [0.2, 0.25) is 0 Å². The number of morpholine rings is 1. The molecule has 1 amide bonds. The maximum Gasteiger partial charge on any atom is 0.250 e. The molecule has 1 fully saturated rings. The van der Waals surface area contributed by atoms with Gasteiger partial charge in [-0.3, -0.25) is 4.79 Å². The van der Waals surface area contributed by atoms with Crippen LogP contribution in [0.4, 0.5) is 10.2 Å². The van der Waals surface area contributed by atoms with Gasteiger partial charge in [0, 0.05) is 13.6 Å². The summed E-state index contributed by atoms with van der Waals surface area (Å²) in [4.78, 5) is 17.3. The standard InChI is InChI=1S/C11H14FN3O2/c1-13-11(16)9-7-15(4-5-17-9)10-3-2-8(12)6-14-10/h2-3,6,9H,4-5,7H2,1H3,(H,13,16)/t9-/m1/s1. The second kappa shape index (κ2) is 5.09. The first-order chi connectivity index (χ1) is 8.20. The lowest BCUT2D eigenvalue weighted by Gasteiger charge is -2.32.